The van der Waals surface area contributed by atoms with Gasteiger partial charge in [0, 0.05) is 30.9 Å². The number of hydrogen-bond acceptors (Lipinski definition) is 4. The zero-order chi connectivity index (χ0) is 16.3. The second-order valence-electron chi connectivity index (χ2n) is 5.30. The number of hydrogen-bond donors (Lipinski definition) is 2. The number of pyridine rings is 1. The van der Waals surface area contributed by atoms with Crippen molar-refractivity contribution in [3.8, 4) is 0 Å². The SMILES string of the molecule is C=CC(=O)N1CCC[C@@H](Nc2ncc(C(N)=O)c(C)c2F)C1. The molecule has 2 heterocycles. The van der Waals surface area contributed by atoms with E-state index in [0.29, 0.717) is 13.1 Å². The van der Waals surface area contributed by atoms with Gasteiger partial charge < -0.3 is 16.0 Å². The van der Waals surface area contributed by atoms with Crippen molar-refractivity contribution in [1.29, 1.82) is 0 Å². The molecule has 0 unspecified atom stereocenters. The predicted octanol–water partition coefficient (Wildman–Crippen LogP) is 1.22. The van der Waals surface area contributed by atoms with Gasteiger partial charge in [0.25, 0.3) is 5.91 Å². The molecule has 2 amide bonds. The summed E-state index contributed by atoms with van der Waals surface area (Å²) in [5.74, 6) is -1.38. The highest BCUT2D eigenvalue weighted by Gasteiger charge is 2.24. The number of piperidine rings is 1. The van der Waals surface area contributed by atoms with Crippen LogP contribution >= 0.6 is 0 Å². The molecular weight excluding hydrogens is 287 g/mol. The van der Waals surface area contributed by atoms with Crippen LogP contribution in [0, 0.1) is 12.7 Å². The van der Waals surface area contributed by atoms with Crippen LogP contribution in [0.3, 0.4) is 0 Å². The Hall–Kier alpha value is -2.44. The average Bonchev–Trinajstić information content (AvgIpc) is 2.51. The molecule has 1 aromatic rings. The lowest BCUT2D eigenvalue weighted by Crippen LogP contribution is -2.44. The van der Waals surface area contributed by atoms with E-state index in [2.05, 4.69) is 16.9 Å². The van der Waals surface area contributed by atoms with E-state index in [-0.39, 0.29) is 28.9 Å². The van der Waals surface area contributed by atoms with E-state index in [9.17, 15) is 14.0 Å². The smallest absolute Gasteiger partial charge is 0.250 e. The van der Waals surface area contributed by atoms with Crippen LogP contribution in [0.15, 0.2) is 18.9 Å². The Labute approximate surface area is 128 Å². The summed E-state index contributed by atoms with van der Waals surface area (Å²) in [6.45, 7) is 6.08. The Balaban J connectivity index is 2.14. The highest BCUT2D eigenvalue weighted by atomic mass is 19.1. The van der Waals surface area contributed by atoms with Crippen LogP contribution in [-0.4, -0.2) is 40.8 Å². The first kappa shape index (κ1) is 15.9. The van der Waals surface area contributed by atoms with Gasteiger partial charge in [-0.3, -0.25) is 9.59 Å². The summed E-state index contributed by atoms with van der Waals surface area (Å²) in [4.78, 5) is 28.4. The molecule has 7 heteroatoms. The topological polar surface area (TPSA) is 88.3 Å². The Bertz CT molecular complexity index is 618. The van der Waals surface area contributed by atoms with E-state index < -0.39 is 11.7 Å². The van der Waals surface area contributed by atoms with Crippen LogP contribution < -0.4 is 11.1 Å². The Morgan fingerprint density at radius 1 is 1.59 bits per heavy atom. The summed E-state index contributed by atoms with van der Waals surface area (Å²) in [5.41, 5.74) is 5.40. The summed E-state index contributed by atoms with van der Waals surface area (Å²) in [7, 11) is 0. The minimum Gasteiger partial charge on any atom is -0.366 e. The first-order chi connectivity index (χ1) is 10.4. The van der Waals surface area contributed by atoms with E-state index in [0.717, 1.165) is 12.8 Å². The molecule has 6 nitrogen and oxygen atoms in total. The van der Waals surface area contributed by atoms with Gasteiger partial charge in [0.2, 0.25) is 5.91 Å². The van der Waals surface area contributed by atoms with Crippen molar-refractivity contribution in [3.05, 3.63) is 35.8 Å². The molecule has 0 spiro atoms. The van der Waals surface area contributed by atoms with E-state index in [1.165, 1.54) is 19.2 Å². The molecule has 0 radical (unpaired) electrons. The molecule has 0 saturated carbocycles. The number of carbonyl (C=O) groups excluding carboxylic acids is 2. The fraction of sp³-hybridized carbons (Fsp3) is 0.400. The molecule has 1 saturated heterocycles. The molecule has 0 bridgehead atoms. The lowest BCUT2D eigenvalue weighted by molar-refractivity contribution is -0.127. The number of anilines is 1. The third-order valence-corrected chi connectivity index (χ3v) is 3.78. The zero-order valence-corrected chi connectivity index (χ0v) is 12.4. The van der Waals surface area contributed by atoms with Crippen LogP contribution in [-0.2, 0) is 4.79 Å². The number of aromatic nitrogens is 1. The quantitative estimate of drug-likeness (QED) is 0.819. The molecule has 3 N–H and O–H groups in total. The van der Waals surface area contributed by atoms with Crippen molar-refractivity contribution in [2.75, 3.05) is 18.4 Å². The van der Waals surface area contributed by atoms with Crippen LogP contribution in [0.5, 0.6) is 0 Å². The number of rotatable bonds is 4. The first-order valence-corrected chi connectivity index (χ1v) is 7.06. The van der Waals surface area contributed by atoms with E-state index in [1.54, 1.807) is 4.90 Å². The number of nitrogens with zero attached hydrogens (tertiary/aromatic N) is 2. The van der Waals surface area contributed by atoms with Gasteiger partial charge in [0.05, 0.1) is 5.56 Å². The van der Waals surface area contributed by atoms with Crippen molar-refractivity contribution in [3.63, 3.8) is 0 Å². The second-order valence-corrected chi connectivity index (χ2v) is 5.30. The lowest BCUT2D eigenvalue weighted by atomic mass is 10.0. The number of likely N-dealkylation sites (tertiary alicyclic amines) is 1. The fourth-order valence-corrected chi connectivity index (χ4v) is 2.55. The fourth-order valence-electron chi connectivity index (χ4n) is 2.55. The van der Waals surface area contributed by atoms with Gasteiger partial charge in [-0.15, -0.1) is 0 Å². The molecule has 1 atom stereocenters. The monoisotopic (exact) mass is 306 g/mol. The number of carbonyl (C=O) groups is 2. The van der Waals surface area contributed by atoms with Crippen LogP contribution in [0.4, 0.5) is 10.2 Å². The molecule has 22 heavy (non-hydrogen) atoms. The largest absolute Gasteiger partial charge is 0.366 e. The number of nitrogens with two attached hydrogens (primary N) is 1. The van der Waals surface area contributed by atoms with Gasteiger partial charge in [-0.05, 0) is 25.8 Å². The summed E-state index contributed by atoms with van der Waals surface area (Å²) in [6, 6.07) is -0.0986. The average molecular weight is 306 g/mol. The molecule has 0 aliphatic carbocycles. The van der Waals surface area contributed by atoms with E-state index in [4.69, 9.17) is 5.73 Å². The Kier molecular flexibility index (Phi) is 4.75. The summed E-state index contributed by atoms with van der Waals surface area (Å²) in [6.07, 6.45) is 4.15. The molecule has 118 valence electrons. The van der Waals surface area contributed by atoms with Gasteiger partial charge in [-0.2, -0.15) is 0 Å². The van der Waals surface area contributed by atoms with Crippen LogP contribution in [0.25, 0.3) is 0 Å². The second kappa shape index (κ2) is 6.55. The molecule has 1 aromatic heterocycles. The minimum absolute atomic E-state index is 0.0650. The van der Waals surface area contributed by atoms with Gasteiger partial charge in [-0.1, -0.05) is 6.58 Å². The van der Waals surface area contributed by atoms with Gasteiger partial charge in [0.15, 0.2) is 11.6 Å². The number of primary amides is 1. The summed E-state index contributed by atoms with van der Waals surface area (Å²) < 4.78 is 14.3. The van der Waals surface area contributed by atoms with Crippen molar-refractivity contribution >= 4 is 17.6 Å². The van der Waals surface area contributed by atoms with Crippen molar-refractivity contribution in [2.45, 2.75) is 25.8 Å². The standard InChI is InChI=1S/C15H19FN4O2/c1-3-12(21)20-6-4-5-10(8-20)19-15-13(16)9(2)11(7-18-15)14(17)22/h3,7,10H,1,4-6,8H2,2H3,(H2,17,22)(H,18,19)/t10-/m1/s1. The van der Waals surface area contributed by atoms with Gasteiger partial charge >= 0.3 is 0 Å². The first-order valence-electron chi connectivity index (χ1n) is 7.06. The van der Waals surface area contributed by atoms with E-state index in [1.807, 2.05) is 0 Å². The van der Waals surface area contributed by atoms with Crippen LogP contribution in [0.1, 0.15) is 28.8 Å². The highest BCUT2D eigenvalue weighted by Crippen LogP contribution is 2.21. The third-order valence-electron chi connectivity index (χ3n) is 3.78. The van der Waals surface area contributed by atoms with Crippen molar-refractivity contribution in [1.82, 2.24) is 9.88 Å². The van der Waals surface area contributed by atoms with Crippen molar-refractivity contribution < 1.29 is 14.0 Å². The minimum atomic E-state index is -0.712. The third kappa shape index (κ3) is 3.24. The molecule has 2 rings (SSSR count). The molecule has 0 aromatic carbocycles. The number of nitrogens with one attached hydrogen (secondary N) is 1. The van der Waals surface area contributed by atoms with Crippen LogP contribution in [0.2, 0.25) is 0 Å². The molecule has 1 aliphatic rings. The predicted molar refractivity (Wildman–Crippen MR) is 80.9 cm³/mol. The molecule has 1 fully saturated rings. The van der Waals surface area contributed by atoms with Gasteiger partial charge in [-0.25, -0.2) is 9.37 Å². The molecule has 1 aliphatic heterocycles. The summed E-state index contributed by atoms with van der Waals surface area (Å²) >= 11 is 0. The normalized spacial score (nSPS) is 17.9. The maximum atomic E-state index is 14.3. The highest BCUT2D eigenvalue weighted by molar-refractivity contribution is 5.94. The summed E-state index contributed by atoms with van der Waals surface area (Å²) in [5, 5.41) is 3.00. The van der Waals surface area contributed by atoms with Gasteiger partial charge in [0.1, 0.15) is 0 Å². The Morgan fingerprint density at radius 2 is 2.32 bits per heavy atom. The maximum absolute atomic E-state index is 14.3. The maximum Gasteiger partial charge on any atom is 0.250 e. The van der Waals surface area contributed by atoms with E-state index >= 15 is 0 Å². The lowest BCUT2D eigenvalue weighted by Gasteiger charge is -2.33. The Morgan fingerprint density at radius 3 is 2.95 bits per heavy atom. The number of amides is 2. The van der Waals surface area contributed by atoms with Crippen molar-refractivity contribution in [2.24, 2.45) is 5.73 Å². The number of halogens is 1. The zero-order valence-electron chi connectivity index (χ0n) is 12.4. The molecular formula is C15H19FN4O2.